The molecule has 1 aromatic carbocycles. The maximum Gasteiger partial charge on any atom is 0.262 e. The first kappa shape index (κ1) is 15.3. The third kappa shape index (κ3) is 2.33. The molecule has 0 aliphatic carbocycles. The number of nitrogens with zero attached hydrogens (tertiary/aromatic N) is 2. The van der Waals surface area contributed by atoms with Crippen LogP contribution in [0.5, 0.6) is 0 Å². The highest BCUT2D eigenvalue weighted by Crippen LogP contribution is 2.29. The quantitative estimate of drug-likeness (QED) is 0.821. The Labute approximate surface area is 140 Å². The summed E-state index contributed by atoms with van der Waals surface area (Å²) >= 11 is 0. The van der Waals surface area contributed by atoms with Gasteiger partial charge in [-0.25, -0.2) is 0 Å². The molecule has 2 saturated heterocycles. The van der Waals surface area contributed by atoms with Gasteiger partial charge >= 0.3 is 0 Å². The molecule has 6 nitrogen and oxygen atoms in total. The predicted octanol–water partition coefficient (Wildman–Crippen LogP) is 0.944. The SMILES string of the molecule is Cc1ccc2c(c1)C(=O)N(CC(=O)N1C3CCNCC1CC3)C2=O. The minimum absolute atomic E-state index is 0.113. The monoisotopic (exact) mass is 327 g/mol. The molecule has 3 amide bonds. The highest BCUT2D eigenvalue weighted by atomic mass is 16.2. The van der Waals surface area contributed by atoms with Gasteiger partial charge in [-0.15, -0.1) is 0 Å². The number of aryl methyl sites for hydroxylation is 1. The summed E-state index contributed by atoms with van der Waals surface area (Å²) in [4.78, 5) is 40.9. The third-order valence-electron chi connectivity index (χ3n) is 5.36. The molecule has 1 aromatic rings. The molecule has 4 rings (SSSR count). The van der Waals surface area contributed by atoms with E-state index in [1.54, 1.807) is 12.1 Å². The van der Waals surface area contributed by atoms with Gasteiger partial charge < -0.3 is 10.2 Å². The van der Waals surface area contributed by atoms with Gasteiger partial charge in [0.1, 0.15) is 6.54 Å². The van der Waals surface area contributed by atoms with Crippen LogP contribution in [0.25, 0.3) is 0 Å². The van der Waals surface area contributed by atoms with Crippen LogP contribution in [-0.4, -0.2) is 59.2 Å². The Morgan fingerprint density at radius 1 is 1.12 bits per heavy atom. The summed E-state index contributed by atoms with van der Waals surface area (Å²) in [6.45, 7) is 3.44. The fraction of sp³-hybridized carbons (Fsp3) is 0.500. The van der Waals surface area contributed by atoms with E-state index in [9.17, 15) is 14.4 Å². The standard InChI is InChI=1S/C18H21N3O3/c1-11-2-5-14-15(8-11)18(24)20(17(14)23)10-16(22)21-12-3-4-13(21)9-19-7-6-12/h2,5,8,12-13,19H,3-4,6-7,9-10H2,1H3. The van der Waals surface area contributed by atoms with E-state index in [4.69, 9.17) is 0 Å². The molecule has 3 aliphatic rings. The zero-order valence-electron chi connectivity index (χ0n) is 13.7. The van der Waals surface area contributed by atoms with Gasteiger partial charge in [-0.1, -0.05) is 11.6 Å². The van der Waals surface area contributed by atoms with Crippen LogP contribution in [0, 0.1) is 6.92 Å². The van der Waals surface area contributed by atoms with Crippen molar-refractivity contribution in [2.75, 3.05) is 19.6 Å². The highest BCUT2D eigenvalue weighted by Gasteiger charge is 2.42. The van der Waals surface area contributed by atoms with Crippen LogP contribution < -0.4 is 5.32 Å². The molecule has 0 saturated carbocycles. The minimum atomic E-state index is -0.358. The molecule has 24 heavy (non-hydrogen) atoms. The van der Waals surface area contributed by atoms with Gasteiger partial charge in [0.2, 0.25) is 5.91 Å². The van der Waals surface area contributed by atoms with Crippen LogP contribution in [-0.2, 0) is 4.79 Å². The zero-order valence-corrected chi connectivity index (χ0v) is 13.7. The number of benzene rings is 1. The highest BCUT2D eigenvalue weighted by molar-refractivity contribution is 6.22. The molecule has 0 aromatic heterocycles. The van der Waals surface area contributed by atoms with Crippen molar-refractivity contribution in [2.24, 2.45) is 0 Å². The first-order valence-corrected chi connectivity index (χ1v) is 8.55. The van der Waals surface area contributed by atoms with E-state index in [1.165, 1.54) is 0 Å². The van der Waals surface area contributed by atoms with E-state index in [1.807, 2.05) is 17.9 Å². The van der Waals surface area contributed by atoms with Gasteiger partial charge in [0, 0.05) is 18.6 Å². The molecular formula is C18H21N3O3. The summed E-state index contributed by atoms with van der Waals surface area (Å²) in [5.74, 6) is -0.826. The van der Waals surface area contributed by atoms with E-state index >= 15 is 0 Å². The van der Waals surface area contributed by atoms with Gasteiger partial charge in [0.25, 0.3) is 11.8 Å². The smallest absolute Gasteiger partial charge is 0.262 e. The summed E-state index contributed by atoms with van der Waals surface area (Å²) in [5, 5.41) is 3.35. The zero-order chi connectivity index (χ0) is 16.8. The molecule has 2 bridgehead atoms. The molecule has 2 fully saturated rings. The Hall–Kier alpha value is -2.21. The third-order valence-corrected chi connectivity index (χ3v) is 5.36. The molecule has 1 N–H and O–H groups in total. The molecule has 3 aliphatic heterocycles. The number of rotatable bonds is 2. The van der Waals surface area contributed by atoms with E-state index in [2.05, 4.69) is 5.32 Å². The molecule has 2 unspecified atom stereocenters. The molecule has 3 heterocycles. The average Bonchev–Trinajstić information content (AvgIpc) is 2.95. The first-order chi connectivity index (χ1) is 11.6. The van der Waals surface area contributed by atoms with Crippen LogP contribution in [0.4, 0.5) is 0 Å². The number of carbonyl (C=O) groups is 3. The fourth-order valence-electron chi connectivity index (χ4n) is 4.15. The molecule has 2 atom stereocenters. The molecule has 126 valence electrons. The van der Waals surface area contributed by atoms with E-state index in [-0.39, 0.29) is 36.3 Å². The minimum Gasteiger partial charge on any atom is -0.334 e. The van der Waals surface area contributed by atoms with Crippen molar-refractivity contribution in [1.82, 2.24) is 15.1 Å². The van der Waals surface area contributed by atoms with Gasteiger partial charge in [0.05, 0.1) is 11.1 Å². The molecular weight excluding hydrogens is 306 g/mol. The Morgan fingerprint density at radius 2 is 1.88 bits per heavy atom. The Morgan fingerprint density at radius 3 is 2.71 bits per heavy atom. The lowest BCUT2D eigenvalue weighted by Crippen LogP contribution is -2.48. The lowest BCUT2D eigenvalue weighted by molar-refractivity contribution is -0.134. The summed E-state index contributed by atoms with van der Waals surface area (Å²) in [6.07, 6.45) is 2.94. The number of hydrogen-bond donors (Lipinski definition) is 1. The number of imide groups is 1. The maximum atomic E-state index is 12.8. The van der Waals surface area contributed by atoms with Gasteiger partial charge in [-0.2, -0.15) is 0 Å². The van der Waals surface area contributed by atoms with Gasteiger partial charge in [-0.05, 0) is 44.9 Å². The summed E-state index contributed by atoms with van der Waals surface area (Å²) < 4.78 is 0. The van der Waals surface area contributed by atoms with Crippen molar-refractivity contribution in [1.29, 1.82) is 0 Å². The van der Waals surface area contributed by atoms with Crippen LogP contribution in [0.15, 0.2) is 18.2 Å². The van der Waals surface area contributed by atoms with E-state index < -0.39 is 0 Å². The van der Waals surface area contributed by atoms with Crippen molar-refractivity contribution in [3.63, 3.8) is 0 Å². The van der Waals surface area contributed by atoms with E-state index in [0.717, 1.165) is 42.8 Å². The largest absolute Gasteiger partial charge is 0.334 e. The van der Waals surface area contributed by atoms with Crippen LogP contribution in [0.2, 0.25) is 0 Å². The summed E-state index contributed by atoms with van der Waals surface area (Å²) in [5.41, 5.74) is 1.74. The second-order valence-electron chi connectivity index (χ2n) is 6.92. The van der Waals surface area contributed by atoms with Crippen molar-refractivity contribution in [2.45, 2.75) is 38.3 Å². The Bertz CT molecular complexity index is 716. The van der Waals surface area contributed by atoms with Crippen LogP contribution >= 0.6 is 0 Å². The molecule has 0 spiro atoms. The number of fused-ring (bicyclic) bond motifs is 3. The van der Waals surface area contributed by atoms with Crippen molar-refractivity contribution in [3.05, 3.63) is 34.9 Å². The predicted molar refractivity (Wildman–Crippen MR) is 87.7 cm³/mol. The number of carbonyl (C=O) groups excluding carboxylic acids is 3. The Balaban J connectivity index is 1.55. The Kier molecular flexibility index (Phi) is 3.64. The number of nitrogens with one attached hydrogen (secondary N) is 1. The normalized spacial score (nSPS) is 25.9. The molecule has 6 heteroatoms. The first-order valence-electron chi connectivity index (χ1n) is 8.55. The van der Waals surface area contributed by atoms with Crippen LogP contribution in [0.1, 0.15) is 45.5 Å². The summed E-state index contributed by atoms with van der Waals surface area (Å²) in [7, 11) is 0. The lowest BCUT2D eigenvalue weighted by atomic mass is 10.1. The summed E-state index contributed by atoms with van der Waals surface area (Å²) in [6, 6.07) is 5.63. The van der Waals surface area contributed by atoms with Gasteiger partial charge in [0.15, 0.2) is 0 Å². The lowest BCUT2D eigenvalue weighted by Gasteiger charge is -2.29. The van der Waals surface area contributed by atoms with Crippen LogP contribution in [0.3, 0.4) is 0 Å². The topological polar surface area (TPSA) is 69.7 Å². The number of hydrogen-bond acceptors (Lipinski definition) is 4. The molecule has 0 radical (unpaired) electrons. The van der Waals surface area contributed by atoms with Gasteiger partial charge in [-0.3, -0.25) is 19.3 Å². The number of amides is 3. The fourth-order valence-corrected chi connectivity index (χ4v) is 4.15. The maximum absolute atomic E-state index is 12.8. The second kappa shape index (κ2) is 5.70. The average molecular weight is 327 g/mol. The van der Waals surface area contributed by atoms with E-state index in [0.29, 0.717) is 11.1 Å². The second-order valence-corrected chi connectivity index (χ2v) is 6.92. The van der Waals surface area contributed by atoms with Crippen molar-refractivity contribution in [3.8, 4) is 0 Å². The van der Waals surface area contributed by atoms with Crippen molar-refractivity contribution >= 4 is 17.7 Å². The van der Waals surface area contributed by atoms with Crippen molar-refractivity contribution < 1.29 is 14.4 Å².